The van der Waals surface area contributed by atoms with Crippen molar-refractivity contribution in [2.45, 2.75) is 42.9 Å². The van der Waals surface area contributed by atoms with Crippen LogP contribution >= 0.6 is 0 Å². The Kier molecular flexibility index (Phi) is 7.24. The van der Waals surface area contributed by atoms with Gasteiger partial charge in [-0.1, -0.05) is 37.5 Å². The Balaban J connectivity index is 1.42. The first kappa shape index (κ1) is 23.6. The highest BCUT2D eigenvalue weighted by Gasteiger charge is 2.32. The summed E-state index contributed by atoms with van der Waals surface area (Å²) in [7, 11) is -0.572. The molecule has 8 heteroatoms. The molecular formula is C25H32N2O5S. The number of nitrogens with zero attached hydrogens (tertiary/aromatic N) is 2. The fraction of sp³-hybridized carbons (Fsp3) is 0.480. The summed E-state index contributed by atoms with van der Waals surface area (Å²) in [5.41, 5.74) is 1.64. The summed E-state index contributed by atoms with van der Waals surface area (Å²) in [6, 6.07) is 12.6. The van der Waals surface area contributed by atoms with E-state index in [1.54, 1.807) is 35.2 Å². The third-order valence-electron chi connectivity index (χ3n) is 6.75. The lowest BCUT2D eigenvalue weighted by atomic mass is 9.84. The smallest absolute Gasteiger partial charge is 0.257 e. The molecule has 0 atom stereocenters. The van der Waals surface area contributed by atoms with Crippen molar-refractivity contribution < 1.29 is 22.7 Å². The number of piperazine rings is 1. The van der Waals surface area contributed by atoms with E-state index in [1.165, 1.54) is 56.2 Å². The van der Waals surface area contributed by atoms with E-state index in [4.69, 9.17) is 9.47 Å². The minimum Gasteiger partial charge on any atom is -0.493 e. The zero-order valence-electron chi connectivity index (χ0n) is 19.3. The van der Waals surface area contributed by atoms with Gasteiger partial charge in [-0.2, -0.15) is 4.31 Å². The second kappa shape index (κ2) is 10.1. The summed E-state index contributed by atoms with van der Waals surface area (Å²) >= 11 is 0. The Morgan fingerprint density at radius 3 is 2.15 bits per heavy atom. The minimum atomic E-state index is -3.60. The van der Waals surface area contributed by atoms with Crippen molar-refractivity contribution in [2.24, 2.45) is 0 Å². The van der Waals surface area contributed by atoms with Crippen molar-refractivity contribution >= 4 is 15.9 Å². The third-order valence-corrected chi connectivity index (χ3v) is 8.67. The van der Waals surface area contributed by atoms with Crippen molar-refractivity contribution in [3.05, 3.63) is 53.6 Å². The largest absolute Gasteiger partial charge is 0.493 e. The summed E-state index contributed by atoms with van der Waals surface area (Å²) in [5, 5.41) is 0. The van der Waals surface area contributed by atoms with Gasteiger partial charge in [0.15, 0.2) is 11.5 Å². The first-order valence-electron chi connectivity index (χ1n) is 11.6. The number of benzene rings is 2. The maximum Gasteiger partial charge on any atom is 0.257 e. The standard InChI is InChI=1S/C25H32N2O5S/c1-31-23-10-6-9-22(24(23)32-2)25(28)26-15-17-27(18-16-26)33(29,30)21-13-11-20(12-14-21)19-7-4-3-5-8-19/h6,9-14,19H,3-5,7-8,15-18H2,1-2H3. The zero-order valence-corrected chi connectivity index (χ0v) is 20.1. The summed E-state index contributed by atoms with van der Waals surface area (Å²) < 4.78 is 38.5. The molecule has 1 aliphatic heterocycles. The molecule has 33 heavy (non-hydrogen) atoms. The molecule has 1 aliphatic carbocycles. The molecule has 0 N–H and O–H groups in total. The number of para-hydroxylation sites is 1. The van der Waals surface area contributed by atoms with Gasteiger partial charge in [0.2, 0.25) is 10.0 Å². The van der Waals surface area contributed by atoms with Crippen LogP contribution in [0.2, 0.25) is 0 Å². The van der Waals surface area contributed by atoms with E-state index in [2.05, 4.69) is 0 Å². The average molecular weight is 473 g/mol. The molecular weight excluding hydrogens is 440 g/mol. The predicted octanol–water partition coefficient (Wildman–Crippen LogP) is 3.90. The Morgan fingerprint density at radius 2 is 1.55 bits per heavy atom. The van der Waals surface area contributed by atoms with Crippen LogP contribution in [0.1, 0.15) is 53.9 Å². The van der Waals surface area contributed by atoms with E-state index in [9.17, 15) is 13.2 Å². The Morgan fingerprint density at radius 1 is 0.879 bits per heavy atom. The van der Waals surface area contributed by atoms with Crippen LogP contribution in [0, 0.1) is 0 Å². The van der Waals surface area contributed by atoms with Gasteiger partial charge < -0.3 is 14.4 Å². The highest BCUT2D eigenvalue weighted by atomic mass is 32.2. The van der Waals surface area contributed by atoms with E-state index in [1.807, 2.05) is 12.1 Å². The molecule has 0 bridgehead atoms. The van der Waals surface area contributed by atoms with Gasteiger partial charge >= 0.3 is 0 Å². The van der Waals surface area contributed by atoms with Crippen molar-refractivity contribution in [1.29, 1.82) is 0 Å². The number of ether oxygens (including phenoxy) is 2. The number of carbonyl (C=O) groups is 1. The van der Waals surface area contributed by atoms with Crippen molar-refractivity contribution in [2.75, 3.05) is 40.4 Å². The van der Waals surface area contributed by atoms with Gasteiger partial charge in [0.25, 0.3) is 5.91 Å². The van der Waals surface area contributed by atoms with E-state index >= 15 is 0 Å². The van der Waals surface area contributed by atoms with Crippen LogP contribution in [-0.2, 0) is 10.0 Å². The molecule has 0 radical (unpaired) electrons. The molecule has 7 nitrogen and oxygen atoms in total. The highest BCUT2D eigenvalue weighted by molar-refractivity contribution is 7.89. The Bertz CT molecular complexity index is 1070. The molecule has 1 heterocycles. The normalized spacial score (nSPS) is 18.2. The van der Waals surface area contributed by atoms with Gasteiger partial charge in [0, 0.05) is 26.2 Å². The molecule has 1 saturated heterocycles. The Labute approximate surface area is 196 Å². The monoisotopic (exact) mass is 472 g/mol. The van der Waals surface area contributed by atoms with Gasteiger partial charge in [-0.3, -0.25) is 4.79 Å². The van der Waals surface area contributed by atoms with Crippen LogP contribution < -0.4 is 9.47 Å². The maximum absolute atomic E-state index is 13.2. The van der Waals surface area contributed by atoms with Gasteiger partial charge in [0.1, 0.15) is 0 Å². The topological polar surface area (TPSA) is 76.2 Å². The molecule has 2 aromatic rings. The lowest BCUT2D eigenvalue weighted by Crippen LogP contribution is -2.50. The van der Waals surface area contributed by atoms with Crippen LogP contribution in [0.15, 0.2) is 47.4 Å². The first-order chi connectivity index (χ1) is 16.0. The lowest BCUT2D eigenvalue weighted by molar-refractivity contribution is 0.0694. The first-order valence-corrected chi connectivity index (χ1v) is 13.0. The second-order valence-corrected chi connectivity index (χ2v) is 10.6. The van der Waals surface area contributed by atoms with E-state index in [0.717, 1.165) is 0 Å². The fourth-order valence-electron chi connectivity index (χ4n) is 4.85. The zero-order chi connectivity index (χ0) is 23.4. The summed E-state index contributed by atoms with van der Waals surface area (Å²) in [4.78, 5) is 15.1. The number of hydrogen-bond acceptors (Lipinski definition) is 5. The molecule has 0 aromatic heterocycles. The quantitative estimate of drug-likeness (QED) is 0.637. The van der Waals surface area contributed by atoms with Crippen LogP contribution in [0.4, 0.5) is 0 Å². The van der Waals surface area contributed by atoms with Gasteiger partial charge in [-0.25, -0.2) is 8.42 Å². The molecule has 0 unspecified atom stereocenters. The van der Waals surface area contributed by atoms with Crippen LogP contribution in [0.3, 0.4) is 0 Å². The average Bonchev–Trinajstić information content (AvgIpc) is 2.88. The molecule has 2 aromatic carbocycles. The summed E-state index contributed by atoms with van der Waals surface area (Å²) in [5.74, 6) is 1.22. The van der Waals surface area contributed by atoms with Crippen molar-refractivity contribution in [3.8, 4) is 11.5 Å². The number of methoxy groups -OCH3 is 2. The number of sulfonamides is 1. The lowest BCUT2D eigenvalue weighted by Gasteiger charge is -2.34. The molecule has 0 spiro atoms. The molecule has 2 aliphatic rings. The van der Waals surface area contributed by atoms with Crippen LogP contribution in [0.5, 0.6) is 11.5 Å². The summed E-state index contributed by atoms with van der Waals surface area (Å²) in [6.45, 7) is 1.15. The minimum absolute atomic E-state index is 0.195. The van der Waals surface area contributed by atoms with Crippen molar-refractivity contribution in [3.63, 3.8) is 0 Å². The van der Waals surface area contributed by atoms with E-state index in [-0.39, 0.29) is 19.0 Å². The van der Waals surface area contributed by atoms with Crippen LogP contribution in [0.25, 0.3) is 0 Å². The fourth-order valence-corrected chi connectivity index (χ4v) is 6.28. The highest BCUT2D eigenvalue weighted by Crippen LogP contribution is 2.34. The molecule has 1 saturated carbocycles. The number of rotatable bonds is 6. The molecule has 2 fully saturated rings. The summed E-state index contributed by atoms with van der Waals surface area (Å²) in [6.07, 6.45) is 6.15. The van der Waals surface area contributed by atoms with E-state index in [0.29, 0.717) is 41.0 Å². The second-order valence-electron chi connectivity index (χ2n) is 8.64. The third kappa shape index (κ3) is 4.87. The number of amides is 1. The van der Waals surface area contributed by atoms with Crippen LogP contribution in [-0.4, -0.2) is 63.9 Å². The molecule has 178 valence electrons. The predicted molar refractivity (Wildman–Crippen MR) is 126 cm³/mol. The SMILES string of the molecule is COc1cccc(C(=O)N2CCN(S(=O)(=O)c3ccc(C4CCCCC4)cc3)CC2)c1OC. The maximum atomic E-state index is 13.2. The molecule has 1 amide bonds. The molecule has 4 rings (SSSR count). The van der Waals surface area contributed by atoms with Gasteiger partial charge in [-0.05, 0) is 48.6 Å². The number of hydrogen-bond donors (Lipinski definition) is 0. The Hall–Kier alpha value is -2.58. The van der Waals surface area contributed by atoms with E-state index < -0.39 is 10.0 Å². The van der Waals surface area contributed by atoms with Gasteiger partial charge in [0.05, 0.1) is 24.7 Å². The van der Waals surface area contributed by atoms with Gasteiger partial charge in [-0.15, -0.1) is 0 Å². The van der Waals surface area contributed by atoms with Crippen molar-refractivity contribution in [1.82, 2.24) is 9.21 Å². The number of carbonyl (C=O) groups excluding carboxylic acids is 1.